The highest BCUT2D eigenvalue weighted by Crippen LogP contribution is 2.23. The summed E-state index contributed by atoms with van der Waals surface area (Å²) in [6.07, 6.45) is 6.95. The number of carbonyl (C=O) groups is 1. The van der Waals surface area contributed by atoms with Gasteiger partial charge in [-0.1, -0.05) is 19.3 Å². The lowest BCUT2D eigenvalue weighted by molar-refractivity contribution is -0.122. The van der Waals surface area contributed by atoms with E-state index in [2.05, 4.69) is 5.43 Å². The van der Waals surface area contributed by atoms with Crippen LogP contribution < -0.4 is 11.3 Å². The molecule has 82 valence electrons. The molecule has 1 saturated carbocycles. The van der Waals surface area contributed by atoms with Gasteiger partial charge in [0.1, 0.15) is 0 Å². The fourth-order valence-electron chi connectivity index (χ4n) is 1.84. The van der Waals surface area contributed by atoms with Gasteiger partial charge in [0.05, 0.1) is 13.0 Å². The molecule has 0 aliphatic heterocycles. The van der Waals surface area contributed by atoms with E-state index in [1.807, 2.05) is 0 Å². The predicted octanol–water partition coefficient (Wildman–Crippen LogP) is 0.963. The molecular weight excluding hydrogens is 180 g/mol. The van der Waals surface area contributed by atoms with Crippen LogP contribution in [0.1, 0.15) is 38.5 Å². The van der Waals surface area contributed by atoms with Crippen LogP contribution in [0.2, 0.25) is 0 Å². The minimum Gasteiger partial charge on any atom is -0.381 e. The zero-order valence-electron chi connectivity index (χ0n) is 8.63. The van der Waals surface area contributed by atoms with Crippen LogP contribution in [0.5, 0.6) is 0 Å². The first kappa shape index (κ1) is 11.5. The largest absolute Gasteiger partial charge is 0.381 e. The molecule has 0 bridgehead atoms. The maximum Gasteiger partial charge on any atom is 0.236 e. The molecule has 0 heterocycles. The summed E-state index contributed by atoms with van der Waals surface area (Å²) >= 11 is 0. The molecule has 1 aliphatic rings. The zero-order chi connectivity index (χ0) is 10.2. The number of hydrogen-bond acceptors (Lipinski definition) is 3. The Hall–Kier alpha value is -0.610. The number of ether oxygens (including phenoxy) is 1. The van der Waals surface area contributed by atoms with E-state index in [9.17, 15) is 4.79 Å². The molecule has 1 amide bonds. The van der Waals surface area contributed by atoms with Crippen LogP contribution in [0.25, 0.3) is 0 Å². The van der Waals surface area contributed by atoms with Crippen molar-refractivity contribution in [1.82, 2.24) is 5.43 Å². The first-order valence-electron chi connectivity index (χ1n) is 5.40. The smallest absolute Gasteiger partial charge is 0.236 e. The van der Waals surface area contributed by atoms with E-state index in [1.165, 1.54) is 32.1 Å². The lowest BCUT2D eigenvalue weighted by atomic mass is 9.90. The summed E-state index contributed by atoms with van der Waals surface area (Å²) < 4.78 is 5.43. The van der Waals surface area contributed by atoms with Crippen molar-refractivity contribution < 1.29 is 9.53 Å². The van der Waals surface area contributed by atoms with Crippen molar-refractivity contribution in [3.8, 4) is 0 Å². The van der Waals surface area contributed by atoms with Crippen LogP contribution in [0.15, 0.2) is 0 Å². The van der Waals surface area contributed by atoms with E-state index in [-0.39, 0.29) is 5.91 Å². The van der Waals surface area contributed by atoms with Crippen molar-refractivity contribution in [1.29, 1.82) is 0 Å². The first-order valence-corrected chi connectivity index (χ1v) is 5.40. The van der Waals surface area contributed by atoms with E-state index in [1.54, 1.807) is 0 Å². The molecule has 0 saturated heterocycles. The Bertz CT molecular complexity index is 168. The van der Waals surface area contributed by atoms with Crippen molar-refractivity contribution in [2.24, 2.45) is 11.8 Å². The van der Waals surface area contributed by atoms with Gasteiger partial charge in [-0.3, -0.25) is 10.2 Å². The third-order valence-corrected chi connectivity index (χ3v) is 2.71. The summed E-state index contributed by atoms with van der Waals surface area (Å²) in [4.78, 5) is 10.7. The number of hydrogen-bond donors (Lipinski definition) is 2. The summed E-state index contributed by atoms with van der Waals surface area (Å²) in [7, 11) is 0. The molecule has 4 heteroatoms. The number of amides is 1. The highest BCUT2D eigenvalue weighted by Gasteiger charge is 2.13. The molecule has 0 spiro atoms. The van der Waals surface area contributed by atoms with Crippen LogP contribution in [0.3, 0.4) is 0 Å². The second kappa shape index (κ2) is 6.79. The Morgan fingerprint density at radius 2 is 2.07 bits per heavy atom. The first-order chi connectivity index (χ1) is 6.83. The van der Waals surface area contributed by atoms with Gasteiger partial charge in [-0.15, -0.1) is 0 Å². The predicted molar refractivity (Wildman–Crippen MR) is 54.3 cm³/mol. The standard InChI is InChI=1S/C10H20N2O2/c11-12-10(13)6-7-14-8-9-4-2-1-3-5-9/h9H,1-8,11H2,(H,12,13). The summed E-state index contributed by atoms with van der Waals surface area (Å²) in [5.74, 6) is 5.50. The average Bonchev–Trinajstić information content (AvgIpc) is 2.25. The third-order valence-electron chi connectivity index (χ3n) is 2.71. The molecule has 4 nitrogen and oxygen atoms in total. The zero-order valence-corrected chi connectivity index (χ0v) is 8.63. The Kier molecular flexibility index (Phi) is 5.56. The SMILES string of the molecule is NNC(=O)CCOCC1CCCCC1. The van der Waals surface area contributed by atoms with Gasteiger partial charge in [-0.2, -0.15) is 0 Å². The average molecular weight is 200 g/mol. The minimum atomic E-state index is -0.159. The van der Waals surface area contributed by atoms with Crippen molar-refractivity contribution in [2.45, 2.75) is 38.5 Å². The molecule has 1 aliphatic carbocycles. The highest BCUT2D eigenvalue weighted by atomic mass is 16.5. The van der Waals surface area contributed by atoms with Gasteiger partial charge in [0.25, 0.3) is 0 Å². The number of carbonyl (C=O) groups excluding carboxylic acids is 1. The highest BCUT2D eigenvalue weighted by molar-refractivity contribution is 5.75. The molecule has 1 rings (SSSR count). The van der Waals surface area contributed by atoms with Crippen LogP contribution >= 0.6 is 0 Å². The maximum atomic E-state index is 10.7. The van der Waals surface area contributed by atoms with Crippen LogP contribution in [0, 0.1) is 5.92 Å². The topological polar surface area (TPSA) is 64.3 Å². The minimum absolute atomic E-state index is 0.159. The Labute approximate surface area is 85.2 Å². The number of nitrogens with one attached hydrogen (secondary N) is 1. The summed E-state index contributed by atoms with van der Waals surface area (Å²) in [5, 5.41) is 0. The fourth-order valence-corrected chi connectivity index (χ4v) is 1.84. The monoisotopic (exact) mass is 200 g/mol. The van der Waals surface area contributed by atoms with Gasteiger partial charge in [0.2, 0.25) is 5.91 Å². The lowest BCUT2D eigenvalue weighted by Gasteiger charge is -2.21. The third kappa shape index (κ3) is 4.58. The number of hydrazine groups is 1. The normalized spacial score (nSPS) is 18.1. The molecule has 3 N–H and O–H groups in total. The van der Waals surface area contributed by atoms with Gasteiger partial charge >= 0.3 is 0 Å². The summed E-state index contributed by atoms with van der Waals surface area (Å²) in [6, 6.07) is 0. The Morgan fingerprint density at radius 3 is 2.71 bits per heavy atom. The number of nitrogens with two attached hydrogens (primary N) is 1. The Morgan fingerprint density at radius 1 is 1.36 bits per heavy atom. The van der Waals surface area contributed by atoms with E-state index >= 15 is 0 Å². The van der Waals surface area contributed by atoms with E-state index < -0.39 is 0 Å². The van der Waals surface area contributed by atoms with Crippen molar-refractivity contribution in [3.05, 3.63) is 0 Å². The van der Waals surface area contributed by atoms with E-state index in [4.69, 9.17) is 10.6 Å². The molecule has 0 aromatic rings. The maximum absolute atomic E-state index is 10.7. The molecule has 0 aromatic carbocycles. The molecule has 0 aromatic heterocycles. The van der Waals surface area contributed by atoms with E-state index in [0.717, 1.165) is 6.61 Å². The fraction of sp³-hybridized carbons (Fsp3) is 0.900. The second-order valence-electron chi connectivity index (χ2n) is 3.90. The van der Waals surface area contributed by atoms with Gasteiger partial charge in [-0.05, 0) is 18.8 Å². The summed E-state index contributed by atoms with van der Waals surface area (Å²) in [5.41, 5.74) is 2.08. The van der Waals surface area contributed by atoms with Crippen LogP contribution in [0.4, 0.5) is 0 Å². The molecule has 0 atom stereocenters. The van der Waals surface area contributed by atoms with Gasteiger partial charge in [0, 0.05) is 6.61 Å². The van der Waals surface area contributed by atoms with Crippen LogP contribution in [-0.2, 0) is 9.53 Å². The van der Waals surface area contributed by atoms with Gasteiger partial charge < -0.3 is 4.74 Å². The van der Waals surface area contributed by atoms with E-state index in [0.29, 0.717) is 18.9 Å². The van der Waals surface area contributed by atoms with Crippen molar-refractivity contribution in [3.63, 3.8) is 0 Å². The quantitative estimate of drug-likeness (QED) is 0.301. The van der Waals surface area contributed by atoms with Crippen molar-refractivity contribution in [2.75, 3.05) is 13.2 Å². The number of rotatable bonds is 5. The van der Waals surface area contributed by atoms with Gasteiger partial charge in [-0.25, -0.2) is 5.84 Å². The van der Waals surface area contributed by atoms with Gasteiger partial charge in [0.15, 0.2) is 0 Å². The molecule has 1 fully saturated rings. The molecule has 0 radical (unpaired) electrons. The van der Waals surface area contributed by atoms with Crippen LogP contribution in [-0.4, -0.2) is 19.1 Å². The molecule has 0 unspecified atom stereocenters. The second-order valence-corrected chi connectivity index (χ2v) is 3.90. The molecule has 14 heavy (non-hydrogen) atoms. The van der Waals surface area contributed by atoms with Crippen molar-refractivity contribution >= 4 is 5.91 Å². The Balaban J connectivity index is 1.94. The summed E-state index contributed by atoms with van der Waals surface area (Å²) in [6.45, 7) is 1.29. The molecular formula is C10H20N2O2. The lowest BCUT2D eigenvalue weighted by Crippen LogP contribution is -2.30.